The number of amides is 1. The van der Waals surface area contributed by atoms with E-state index in [0.717, 1.165) is 70.5 Å². The number of rotatable bonds is 6. The van der Waals surface area contributed by atoms with Crippen LogP contribution >= 0.6 is 0 Å². The molecule has 2 saturated heterocycles. The maximum absolute atomic E-state index is 12.9. The van der Waals surface area contributed by atoms with Gasteiger partial charge < -0.3 is 18.8 Å². The number of methoxy groups -OCH3 is 1. The largest absolute Gasteiger partial charge is 0.496 e. The Morgan fingerprint density at radius 1 is 1.07 bits per heavy atom. The first-order valence-corrected chi connectivity index (χ1v) is 10.7. The lowest BCUT2D eigenvalue weighted by Crippen LogP contribution is -2.53. The molecule has 1 aromatic heterocycles. The first-order valence-electron chi connectivity index (χ1n) is 10.7. The smallest absolute Gasteiger partial charge is 0.257 e. The molecule has 1 amide bonds. The fourth-order valence-corrected chi connectivity index (χ4v) is 4.24. The molecule has 4 rings (SSSR count). The number of para-hydroxylation sites is 1. The molecule has 0 bridgehead atoms. The predicted molar refractivity (Wildman–Crippen MR) is 114 cm³/mol. The minimum absolute atomic E-state index is 0.0425. The van der Waals surface area contributed by atoms with Crippen molar-refractivity contribution < 1.29 is 18.7 Å². The second kappa shape index (κ2) is 9.64. The molecular weight excluding hydrogens is 382 g/mol. The highest BCUT2D eigenvalue weighted by molar-refractivity contribution is 5.97. The van der Waals surface area contributed by atoms with E-state index in [2.05, 4.69) is 15.9 Å². The molecule has 7 nitrogen and oxygen atoms in total. The molecule has 0 N–H and O–H groups in total. The number of piperazine rings is 1. The van der Waals surface area contributed by atoms with Gasteiger partial charge in [-0.3, -0.25) is 14.6 Å². The zero-order valence-electron chi connectivity index (χ0n) is 17.9. The molecule has 1 atom stereocenters. The summed E-state index contributed by atoms with van der Waals surface area (Å²) in [6, 6.07) is 11.5. The number of furan rings is 1. The maximum Gasteiger partial charge on any atom is 0.257 e. The van der Waals surface area contributed by atoms with Crippen molar-refractivity contribution in [2.24, 2.45) is 0 Å². The minimum atomic E-state index is 0.0425. The molecule has 30 heavy (non-hydrogen) atoms. The van der Waals surface area contributed by atoms with Gasteiger partial charge in [0.25, 0.3) is 5.91 Å². The van der Waals surface area contributed by atoms with E-state index in [4.69, 9.17) is 13.9 Å². The third-order valence-corrected chi connectivity index (χ3v) is 5.86. The second-order valence-electron chi connectivity index (χ2n) is 8.03. The van der Waals surface area contributed by atoms with E-state index in [9.17, 15) is 4.79 Å². The Bertz CT molecular complexity index is 844. The van der Waals surface area contributed by atoms with Crippen LogP contribution < -0.4 is 4.74 Å². The van der Waals surface area contributed by atoms with Crippen LogP contribution in [0.1, 0.15) is 21.9 Å². The minimum Gasteiger partial charge on any atom is -0.496 e. The number of ether oxygens (including phenoxy) is 2. The summed E-state index contributed by atoms with van der Waals surface area (Å²) < 4.78 is 17.1. The summed E-state index contributed by atoms with van der Waals surface area (Å²) in [7, 11) is 1.60. The van der Waals surface area contributed by atoms with Crippen LogP contribution in [0.3, 0.4) is 0 Å². The highest BCUT2D eigenvalue weighted by Gasteiger charge is 2.28. The molecule has 1 aromatic carbocycles. The van der Waals surface area contributed by atoms with E-state index in [1.165, 1.54) is 0 Å². The van der Waals surface area contributed by atoms with Gasteiger partial charge in [-0.05, 0) is 31.2 Å². The van der Waals surface area contributed by atoms with Gasteiger partial charge in [0, 0.05) is 45.8 Å². The number of hydrogen-bond acceptors (Lipinski definition) is 6. The molecular formula is C23H31N3O4. The van der Waals surface area contributed by atoms with E-state index in [1.807, 2.05) is 42.2 Å². The van der Waals surface area contributed by atoms with Crippen LogP contribution in [0.25, 0.3) is 0 Å². The van der Waals surface area contributed by atoms with Gasteiger partial charge in [-0.1, -0.05) is 12.1 Å². The third kappa shape index (κ3) is 5.03. The summed E-state index contributed by atoms with van der Waals surface area (Å²) in [5.74, 6) is 2.64. The van der Waals surface area contributed by atoms with Crippen LogP contribution in [0.15, 0.2) is 40.8 Å². The van der Waals surface area contributed by atoms with E-state index in [1.54, 1.807) is 7.11 Å². The number of nitrogens with zero attached hydrogens (tertiary/aromatic N) is 3. The summed E-state index contributed by atoms with van der Waals surface area (Å²) >= 11 is 0. The van der Waals surface area contributed by atoms with Crippen molar-refractivity contribution in [3.8, 4) is 5.75 Å². The quantitative estimate of drug-likeness (QED) is 0.724. The Morgan fingerprint density at radius 2 is 1.87 bits per heavy atom. The van der Waals surface area contributed by atoms with Crippen molar-refractivity contribution >= 4 is 5.91 Å². The van der Waals surface area contributed by atoms with E-state index in [-0.39, 0.29) is 12.0 Å². The summed E-state index contributed by atoms with van der Waals surface area (Å²) in [6.07, 6.45) is 0.186. The molecule has 0 radical (unpaired) electrons. The normalized spacial score (nSPS) is 21.0. The van der Waals surface area contributed by atoms with Gasteiger partial charge in [0.1, 0.15) is 17.3 Å². The standard InChI is InChI=1S/C23H31N3O4/c1-18-7-8-19(30-18)15-25-13-14-29-20(17-25)16-24-9-11-26(12-10-24)23(27)21-5-3-4-6-22(21)28-2/h3-8,20H,9-17H2,1-2H3. The average molecular weight is 414 g/mol. The predicted octanol–water partition coefficient (Wildman–Crippen LogP) is 2.26. The fraction of sp³-hybridized carbons (Fsp3) is 0.522. The van der Waals surface area contributed by atoms with Gasteiger partial charge in [0.05, 0.1) is 31.9 Å². The number of hydrogen-bond donors (Lipinski definition) is 0. The molecule has 2 aliphatic rings. The molecule has 2 aromatic rings. The number of carbonyl (C=O) groups excluding carboxylic acids is 1. The van der Waals surface area contributed by atoms with E-state index >= 15 is 0 Å². The number of benzene rings is 1. The highest BCUT2D eigenvalue weighted by atomic mass is 16.5. The molecule has 0 saturated carbocycles. The van der Waals surface area contributed by atoms with E-state index < -0.39 is 0 Å². The van der Waals surface area contributed by atoms with Gasteiger partial charge >= 0.3 is 0 Å². The van der Waals surface area contributed by atoms with Crippen molar-refractivity contribution in [3.63, 3.8) is 0 Å². The van der Waals surface area contributed by atoms with Crippen LogP contribution in [-0.2, 0) is 11.3 Å². The topological polar surface area (TPSA) is 58.4 Å². The van der Waals surface area contributed by atoms with Gasteiger partial charge in [-0.2, -0.15) is 0 Å². The van der Waals surface area contributed by atoms with Gasteiger partial charge in [-0.15, -0.1) is 0 Å². The molecule has 2 aliphatic heterocycles. The van der Waals surface area contributed by atoms with Gasteiger partial charge in [0.2, 0.25) is 0 Å². The summed E-state index contributed by atoms with van der Waals surface area (Å²) in [6.45, 7) is 9.44. The lowest BCUT2D eigenvalue weighted by Gasteiger charge is -2.39. The average Bonchev–Trinajstić information content (AvgIpc) is 3.18. The van der Waals surface area contributed by atoms with Crippen molar-refractivity contribution in [2.45, 2.75) is 19.6 Å². The van der Waals surface area contributed by atoms with Crippen molar-refractivity contribution in [3.05, 3.63) is 53.5 Å². The Hall–Kier alpha value is -2.35. The first kappa shape index (κ1) is 20.9. The second-order valence-corrected chi connectivity index (χ2v) is 8.03. The molecule has 7 heteroatoms. The third-order valence-electron chi connectivity index (χ3n) is 5.86. The van der Waals surface area contributed by atoms with Crippen LogP contribution in [0.5, 0.6) is 5.75 Å². The number of aryl methyl sites for hydroxylation is 1. The molecule has 3 heterocycles. The van der Waals surface area contributed by atoms with Crippen LogP contribution in [-0.4, -0.2) is 86.2 Å². The van der Waals surface area contributed by atoms with Crippen molar-refractivity contribution in [1.29, 1.82) is 0 Å². The fourth-order valence-electron chi connectivity index (χ4n) is 4.24. The van der Waals surface area contributed by atoms with Crippen molar-refractivity contribution in [1.82, 2.24) is 14.7 Å². The van der Waals surface area contributed by atoms with E-state index in [0.29, 0.717) is 11.3 Å². The van der Waals surface area contributed by atoms with Crippen LogP contribution in [0.4, 0.5) is 0 Å². The monoisotopic (exact) mass is 413 g/mol. The highest BCUT2D eigenvalue weighted by Crippen LogP contribution is 2.20. The summed E-state index contributed by atoms with van der Waals surface area (Å²) in [5, 5.41) is 0. The zero-order valence-corrected chi connectivity index (χ0v) is 17.9. The van der Waals surface area contributed by atoms with Crippen LogP contribution in [0, 0.1) is 6.92 Å². The van der Waals surface area contributed by atoms with Crippen molar-refractivity contribution in [2.75, 3.05) is 59.5 Å². The number of morpholine rings is 1. The summed E-state index contributed by atoms with van der Waals surface area (Å²) in [4.78, 5) is 19.6. The van der Waals surface area contributed by atoms with Gasteiger partial charge in [-0.25, -0.2) is 0 Å². The molecule has 2 fully saturated rings. The lowest BCUT2D eigenvalue weighted by atomic mass is 10.1. The zero-order chi connectivity index (χ0) is 20.9. The van der Waals surface area contributed by atoms with Gasteiger partial charge in [0.15, 0.2) is 0 Å². The summed E-state index contributed by atoms with van der Waals surface area (Å²) in [5.41, 5.74) is 0.632. The molecule has 0 spiro atoms. The maximum atomic E-state index is 12.9. The molecule has 162 valence electrons. The SMILES string of the molecule is COc1ccccc1C(=O)N1CCN(CC2CN(Cc3ccc(C)o3)CCO2)CC1. The Morgan fingerprint density at radius 3 is 2.60 bits per heavy atom. The van der Waals surface area contributed by atoms with Crippen LogP contribution in [0.2, 0.25) is 0 Å². The first-order chi connectivity index (χ1) is 14.6. The molecule has 1 unspecified atom stereocenters. The lowest BCUT2D eigenvalue weighted by molar-refractivity contribution is -0.0511. The Labute approximate surface area is 178 Å². The molecule has 0 aliphatic carbocycles. The Balaban J connectivity index is 1.25. The number of carbonyl (C=O) groups is 1. The Kier molecular flexibility index (Phi) is 6.72.